The molecular formula is C41H58O7. The normalized spacial score (nSPS) is 40.2. The van der Waals surface area contributed by atoms with Crippen molar-refractivity contribution in [1.29, 1.82) is 0 Å². The number of hydrogen-bond acceptors (Lipinski definition) is 7. The van der Waals surface area contributed by atoms with Crippen molar-refractivity contribution in [3.8, 4) is 0 Å². The first-order chi connectivity index (χ1) is 23.0. The van der Waals surface area contributed by atoms with Gasteiger partial charge in [-0.2, -0.15) is 0 Å². The molecule has 0 unspecified atom stereocenters. The summed E-state index contributed by atoms with van der Waals surface area (Å²) in [4.78, 5) is 13.2. The first-order valence-electron chi connectivity index (χ1n) is 18.6. The van der Waals surface area contributed by atoms with Gasteiger partial charge in [0.25, 0.3) is 0 Å². The van der Waals surface area contributed by atoms with Gasteiger partial charge in [-0.05, 0) is 86.8 Å². The Morgan fingerprint density at radius 2 is 1.52 bits per heavy atom. The first kappa shape index (κ1) is 35.5. The molecule has 0 amide bonds. The quantitative estimate of drug-likeness (QED) is 0.169. The molecule has 48 heavy (non-hydrogen) atoms. The fraction of sp³-hybridized carbons (Fsp3) is 0.683. The highest BCUT2D eigenvalue weighted by Crippen LogP contribution is 2.50. The lowest BCUT2D eigenvalue weighted by Gasteiger charge is -2.27. The zero-order valence-electron chi connectivity index (χ0n) is 29.8. The van der Waals surface area contributed by atoms with E-state index in [0.717, 1.165) is 86.5 Å². The van der Waals surface area contributed by atoms with Crippen molar-refractivity contribution in [1.82, 2.24) is 0 Å². The fourth-order valence-electron chi connectivity index (χ4n) is 8.67. The number of allylic oxidation sites excluding steroid dienone is 5. The Labute approximate surface area is 288 Å². The van der Waals surface area contributed by atoms with Gasteiger partial charge in [-0.25, -0.2) is 4.79 Å². The second-order valence-electron chi connectivity index (χ2n) is 15.4. The SMILES string of the molecule is C=C1/C=C/C[C@H]2OC3(CCCC3)O[C@@H]2C(=C)[C@H]2OC3(CCCC3)O[C@@H]2C(=C)C/C=C/C(C)=C/C(=O)O[C@H]([C@H]2O[C@@H]2[C@H](C)CCC)[C@H](C)C1. The van der Waals surface area contributed by atoms with E-state index in [1.807, 2.05) is 19.1 Å². The lowest BCUT2D eigenvalue weighted by molar-refractivity contribution is -0.171. The molecule has 0 bridgehead atoms. The minimum atomic E-state index is -0.608. The minimum absolute atomic E-state index is 0.0350. The highest BCUT2D eigenvalue weighted by molar-refractivity contribution is 5.83. The predicted molar refractivity (Wildman–Crippen MR) is 187 cm³/mol. The van der Waals surface area contributed by atoms with Crippen LogP contribution in [0.2, 0.25) is 0 Å². The zero-order chi connectivity index (χ0) is 34.1. The molecule has 2 aliphatic carbocycles. The Morgan fingerprint density at radius 3 is 2.21 bits per heavy atom. The van der Waals surface area contributed by atoms with Crippen molar-refractivity contribution in [2.45, 2.75) is 165 Å². The Balaban J connectivity index is 1.27. The van der Waals surface area contributed by atoms with E-state index >= 15 is 0 Å². The molecule has 7 heteroatoms. The summed E-state index contributed by atoms with van der Waals surface area (Å²) in [6, 6.07) is 0. The number of cyclic esters (lactones) is 1. The number of rotatable bonds is 4. The molecule has 4 aliphatic heterocycles. The Bertz CT molecular complexity index is 1310. The summed E-state index contributed by atoms with van der Waals surface area (Å²) >= 11 is 0. The van der Waals surface area contributed by atoms with Gasteiger partial charge in [0.1, 0.15) is 30.5 Å². The van der Waals surface area contributed by atoms with E-state index in [4.69, 9.17) is 28.4 Å². The van der Waals surface area contributed by atoms with Crippen LogP contribution in [0.25, 0.3) is 0 Å². The van der Waals surface area contributed by atoms with Gasteiger partial charge in [0.05, 0.1) is 12.2 Å². The van der Waals surface area contributed by atoms with Crippen LogP contribution in [0.4, 0.5) is 0 Å². The average Bonchev–Trinajstić information content (AvgIpc) is 3.40. The molecule has 6 rings (SSSR count). The third-order valence-electron chi connectivity index (χ3n) is 11.3. The predicted octanol–water partition coefficient (Wildman–Crippen LogP) is 8.76. The summed E-state index contributed by atoms with van der Waals surface area (Å²) in [6.45, 7) is 21.9. The largest absolute Gasteiger partial charge is 0.456 e. The van der Waals surface area contributed by atoms with Gasteiger partial charge in [0.15, 0.2) is 11.6 Å². The van der Waals surface area contributed by atoms with Crippen molar-refractivity contribution < 1.29 is 33.2 Å². The second-order valence-corrected chi connectivity index (χ2v) is 15.4. The molecule has 9 atom stereocenters. The van der Waals surface area contributed by atoms with Gasteiger partial charge >= 0.3 is 5.97 Å². The number of hydrogen-bond donors (Lipinski definition) is 0. The second kappa shape index (κ2) is 14.9. The van der Waals surface area contributed by atoms with Crippen molar-refractivity contribution in [3.05, 3.63) is 72.4 Å². The first-order valence-corrected chi connectivity index (χ1v) is 18.6. The van der Waals surface area contributed by atoms with E-state index in [2.05, 4.69) is 52.7 Å². The maximum Gasteiger partial charge on any atom is 0.331 e. The minimum Gasteiger partial charge on any atom is -0.456 e. The molecule has 0 aromatic carbocycles. The van der Waals surface area contributed by atoms with Crippen LogP contribution in [0.1, 0.15) is 111 Å². The number of epoxide rings is 1. The lowest BCUT2D eigenvalue weighted by Crippen LogP contribution is -2.36. The van der Waals surface area contributed by atoms with Gasteiger partial charge in [-0.1, -0.05) is 76.8 Å². The summed E-state index contributed by atoms with van der Waals surface area (Å²) in [5.74, 6) is -1.07. The third-order valence-corrected chi connectivity index (χ3v) is 11.3. The standard InChI is InChI=1S/C41H58O7/c1-8-15-28(4)34-39(44-34)35-30(6)24-26(2)17-14-19-32-37(47-40(45-32)20-9-10-21-40)31(7)38-36(46-41(48-38)22-11-12-23-41)29(5)18-13-16-27(3)25-33(42)43-35/h13-14,16-17,25,28,30,32,34-39H,2,5,7-12,15,18-24H2,1,3-4,6H3/b16-13+,17-14+,27-25+/t28-,30-,32-,34-,35+,36-,37-,38-,39+/m1/s1. The molecule has 0 radical (unpaired) electrons. The Hall–Kier alpha value is -2.29. The topological polar surface area (TPSA) is 75.8 Å². The summed E-state index contributed by atoms with van der Waals surface area (Å²) in [6.07, 6.45) is 20.2. The summed E-state index contributed by atoms with van der Waals surface area (Å²) < 4.78 is 39.5. The maximum absolute atomic E-state index is 13.2. The van der Waals surface area contributed by atoms with E-state index in [1.165, 1.54) is 0 Å². The molecule has 3 saturated heterocycles. The molecular weight excluding hydrogens is 604 g/mol. The van der Waals surface area contributed by atoms with Gasteiger partial charge in [0.2, 0.25) is 0 Å². The van der Waals surface area contributed by atoms with Crippen LogP contribution in [-0.2, 0) is 33.2 Å². The summed E-state index contributed by atoms with van der Waals surface area (Å²) in [5.41, 5.74) is 3.58. The third kappa shape index (κ3) is 7.86. The van der Waals surface area contributed by atoms with Crippen molar-refractivity contribution in [2.75, 3.05) is 0 Å². The average molecular weight is 663 g/mol. The van der Waals surface area contributed by atoms with Crippen molar-refractivity contribution in [3.63, 3.8) is 0 Å². The van der Waals surface area contributed by atoms with Gasteiger partial charge in [0, 0.05) is 31.8 Å². The number of carbonyl (C=O) groups excluding carboxylic acids is 1. The van der Waals surface area contributed by atoms with E-state index in [-0.39, 0.29) is 54.6 Å². The maximum atomic E-state index is 13.2. The molecule has 0 aromatic rings. The molecule has 4 heterocycles. The number of carbonyl (C=O) groups is 1. The van der Waals surface area contributed by atoms with E-state index in [0.29, 0.717) is 25.2 Å². The number of fused-ring (bicyclic) bond motifs is 2. The molecule has 5 fully saturated rings. The summed E-state index contributed by atoms with van der Waals surface area (Å²) in [7, 11) is 0. The fourth-order valence-corrected chi connectivity index (χ4v) is 8.67. The van der Waals surface area contributed by atoms with Crippen molar-refractivity contribution in [2.24, 2.45) is 11.8 Å². The molecule has 2 saturated carbocycles. The van der Waals surface area contributed by atoms with Crippen LogP contribution < -0.4 is 0 Å². The lowest BCUT2D eigenvalue weighted by atomic mass is 9.89. The number of esters is 1. The van der Waals surface area contributed by atoms with Crippen LogP contribution in [0.15, 0.2) is 72.4 Å². The molecule has 264 valence electrons. The monoisotopic (exact) mass is 662 g/mol. The van der Waals surface area contributed by atoms with Crippen molar-refractivity contribution >= 4 is 5.97 Å². The van der Waals surface area contributed by atoms with E-state index < -0.39 is 11.6 Å². The van der Waals surface area contributed by atoms with E-state index in [1.54, 1.807) is 6.08 Å². The highest BCUT2D eigenvalue weighted by atomic mass is 16.8. The Kier molecular flexibility index (Phi) is 11.0. The molecule has 0 aromatic heterocycles. The van der Waals surface area contributed by atoms with E-state index in [9.17, 15) is 4.79 Å². The smallest absolute Gasteiger partial charge is 0.331 e. The Morgan fingerprint density at radius 1 is 0.875 bits per heavy atom. The molecule has 0 N–H and O–H groups in total. The van der Waals surface area contributed by atoms with Gasteiger partial charge in [-0.15, -0.1) is 0 Å². The molecule has 6 aliphatic rings. The zero-order valence-corrected chi connectivity index (χ0v) is 29.8. The van der Waals surface area contributed by atoms with Crippen LogP contribution in [0, 0.1) is 11.8 Å². The van der Waals surface area contributed by atoms with Crippen LogP contribution >= 0.6 is 0 Å². The van der Waals surface area contributed by atoms with Gasteiger partial charge < -0.3 is 28.4 Å². The summed E-state index contributed by atoms with van der Waals surface area (Å²) in [5, 5.41) is 0. The number of ether oxygens (including phenoxy) is 6. The van der Waals surface area contributed by atoms with Crippen LogP contribution in [0.3, 0.4) is 0 Å². The molecule has 2 spiro atoms. The highest BCUT2D eigenvalue weighted by Gasteiger charge is 2.56. The van der Waals surface area contributed by atoms with Gasteiger partial charge in [-0.3, -0.25) is 0 Å². The molecule has 7 nitrogen and oxygen atoms in total. The van der Waals surface area contributed by atoms with Crippen LogP contribution in [0.5, 0.6) is 0 Å². The van der Waals surface area contributed by atoms with Crippen LogP contribution in [-0.4, -0.2) is 60.3 Å².